The topological polar surface area (TPSA) is 83.6 Å². The number of nitrogens with zero attached hydrogens (tertiary/aromatic N) is 2. The van der Waals surface area contributed by atoms with Gasteiger partial charge < -0.3 is 20.3 Å². The van der Waals surface area contributed by atoms with Crippen LogP contribution in [0.4, 0.5) is 16.3 Å². The van der Waals surface area contributed by atoms with Crippen molar-refractivity contribution in [2.24, 2.45) is 0 Å². The zero-order valence-electron chi connectivity index (χ0n) is 15.3. The lowest BCUT2D eigenvalue weighted by Crippen LogP contribution is -2.28. The summed E-state index contributed by atoms with van der Waals surface area (Å²) in [4.78, 5) is 30.1. The Morgan fingerprint density at radius 3 is 2.62 bits per heavy atom. The highest BCUT2D eigenvalue weighted by atomic mass is 16.5. The molecule has 2 N–H and O–H groups in total. The van der Waals surface area contributed by atoms with Gasteiger partial charge in [0, 0.05) is 31.5 Å². The number of aromatic nitrogens is 1. The van der Waals surface area contributed by atoms with Crippen LogP contribution < -0.4 is 15.5 Å². The van der Waals surface area contributed by atoms with Gasteiger partial charge >= 0.3 is 12.0 Å². The summed E-state index contributed by atoms with van der Waals surface area (Å²) in [6.45, 7) is 6.27. The number of anilines is 2. The number of esters is 1. The first kappa shape index (κ1) is 19.2. The molecule has 138 valence electrons. The van der Waals surface area contributed by atoms with Gasteiger partial charge in [0.15, 0.2) is 0 Å². The zero-order chi connectivity index (χ0) is 18.9. The van der Waals surface area contributed by atoms with E-state index in [2.05, 4.69) is 39.1 Å². The van der Waals surface area contributed by atoms with Crippen molar-refractivity contribution in [2.45, 2.75) is 20.4 Å². The molecular weight excluding hydrogens is 332 g/mol. The van der Waals surface area contributed by atoms with Gasteiger partial charge in [-0.1, -0.05) is 6.07 Å². The molecule has 2 amide bonds. The van der Waals surface area contributed by atoms with Crippen LogP contribution in [0.25, 0.3) is 0 Å². The van der Waals surface area contributed by atoms with Crippen LogP contribution >= 0.6 is 0 Å². The molecule has 0 atom stereocenters. The third-order valence-electron chi connectivity index (χ3n) is 3.89. The fourth-order valence-corrected chi connectivity index (χ4v) is 2.49. The van der Waals surface area contributed by atoms with Crippen molar-refractivity contribution in [1.82, 2.24) is 10.3 Å². The molecule has 2 rings (SSSR count). The predicted octanol–water partition coefficient (Wildman–Crippen LogP) is 3.04. The van der Waals surface area contributed by atoms with Crippen LogP contribution in [0.3, 0.4) is 0 Å². The first-order valence-corrected chi connectivity index (χ1v) is 8.50. The van der Waals surface area contributed by atoms with Gasteiger partial charge in [-0.3, -0.25) is 0 Å². The van der Waals surface area contributed by atoms with Crippen LogP contribution in [-0.2, 0) is 11.3 Å². The smallest absolute Gasteiger partial charge is 0.337 e. The highest BCUT2D eigenvalue weighted by Gasteiger charge is 2.08. The fourth-order valence-electron chi connectivity index (χ4n) is 2.49. The van der Waals surface area contributed by atoms with Gasteiger partial charge in [-0.2, -0.15) is 0 Å². The Kier molecular flexibility index (Phi) is 6.96. The molecule has 26 heavy (non-hydrogen) atoms. The maximum Gasteiger partial charge on any atom is 0.337 e. The molecule has 1 aromatic carbocycles. The zero-order valence-corrected chi connectivity index (χ0v) is 15.3. The van der Waals surface area contributed by atoms with Gasteiger partial charge in [0.1, 0.15) is 5.82 Å². The molecule has 0 fully saturated rings. The van der Waals surface area contributed by atoms with Crippen LogP contribution in [0, 0.1) is 0 Å². The molecule has 0 aliphatic carbocycles. The minimum atomic E-state index is -0.449. The molecule has 0 spiro atoms. The number of carbonyl (C=O) groups excluding carboxylic acids is 2. The molecule has 7 heteroatoms. The van der Waals surface area contributed by atoms with Crippen LogP contribution in [0.5, 0.6) is 0 Å². The van der Waals surface area contributed by atoms with E-state index in [0.29, 0.717) is 17.8 Å². The molecular formula is C19H24N4O3. The molecule has 0 bridgehead atoms. The van der Waals surface area contributed by atoms with E-state index in [1.54, 1.807) is 30.5 Å². The number of methoxy groups -OCH3 is 1. The minimum Gasteiger partial charge on any atom is -0.465 e. The first-order chi connectivity index (χ1) is 12.6. The van der Waals surface area contributed by atoms with Crippen LogP contribution in [-0.4, -0.2) is 37.2 Å². The van der Waals surface area contributed by atoms with Crippen molar-refractivity contribution < 1.29 is 14.3 Å². The van der Waals surface area contributed by atoms with Crippen LogP contribution in [0.2, 0.25) is 0 Å². The molecule has 1 heterocycles. The molecule has 1 aromatic heterocycles. The van der Waals surface area contributed by atoms with E-state index in [-0.39, 0.29) is 6.03 Å². The summed E-state index contributed by atoms with van der Waals surface area (Å²) in [7, 11) is 1.32. The molecule has 0 unspecified atom stereocenters. The number of nitrogens with one attached hydrogen (secondary N) is 2. The van der Waals surface area contributed by atoms with E-state index in [4.69, 9.17) is 0 Å². The monoisotopic (exact) mass is 356 g/mol. The second-order valence-electron chi connectivity index (χ2n) is 5.57. The molecule has 2 aromatic rings. The van der Waals surface area contributed by atoms with Crippen molar-refractivity contribution in [3.05, 3.63) is 53.7 Å². The quantitative estimate of drug-likeness (QED) is 0.745. The number of amides is 2. The normalized spacial score (nSPS) is 10.1. The van der Waals surface area contributed by atoms with E-state index in [0.717, 1.165) is 24.5 Å². The molecule has 7 nitrogen and oxygen atoms in total. The van der Waals surface area contributed by atoms with Crippen molar-refractivity contribution in [1.29, 1.82) is 0 Å². The number of pyridine rings is 1. The van der Waals surface area contributed by atoms with E-state index in [1.165, 1.54) is 7.11 Å². The Morgan fingerprint density at radius 2 is 1.92 bits per heavy atom. The number of carbonyl (C=O) groups is 2. The Hall–Kier alpha value is -3.09. The van der Waals surface area contributed by atoms with Crippen molar-refractivity contribution in [3.63, 3.8) is 0 Å². The summed E-state index contributed by atoms with van der Waals surface area (Å²) in [6.07, 6.45) is 1.74. The van der Waals surface area contributed by atoms with Gasteiger partial charge in [-0.15, -0.1) is 0 Å². The van der Waals surface area contributed by atoms with Crippen molar-refractivity contribution >= 4 is 23.5 Å². The third kappa shape index (κ3) is 5.20. The molecule has 0 aliphatic heterocycles. The van der Waals surface area contributed by atoms with Crippen LogP contribution in [0.15, 0.2) is 42.6 Å². The molecule has 0 aliphatic rings. The highest BCUT2D eigenvalue weighted by Crippen LogP contribution is 2.13. The summed E-state index contributed by atoms with van der Waals surface area (Å²) in [5.41, 5.74) is 1.85. The maximum atomic E-state index is 12.1. The van der Waals surface area contributed by atoms with Crippen molar-refractivity contribution in [3.8, 4) is 0 Å². The molecule has 0 radical (unpaired) electrons. The van der Waals surface area contributed by atoms with Gasteiger partial charge in [0.25, 0.3) is 0 Å². The van der Waals surface area contributed by atoms with Crippen LogP contribution in [0.1, 0.15) is 29.8 Å². The van der Waals surface area contributed by atoms with Gasteiger partial charge in [0.2, 0.25) is 0 Å². The molecule has 0 saturated carbocycles. The summed E-state index contributed by atoms with van der Waals surface area (Å²) in [6, 6.07) is 10.1. The third-order valence-corrected chi connectivity index (χ3v) is 3.89. The lowest BCUT2D eigenvalue weighted by atomic mass is 10.2. The average molecular weight is 356 g/mol. The second kappa shape index (κ2) is 9.41. The lowest BCUT2D eigenvalue weighted by Gasteiger charge is -2.20. The van der Waals surface area contributed by atoms with Gasteiger partial charge in [0.05, 0.1) is 12.7 Å². The minimum absolute atomic E-state index is 0.354. The number of benzene rings is 1. The van der Waals surface area contributed by atoms with E-state index < -0.39 is 5.97 Å². The Balaban J connectivity index is 1.95. The largest absolute Gasteiger partial charge is 0.465 e. The number of rotatable bonds is 7. The SMILES string of the molecule is CCN(CC)c1cc(CNC(=O)Nc2cccc(C(=O)OC)c2)ccn1. The maximum absolute atomic E-state index is 12.1. The Bertz CT molecular complexity index is 760. The average Bonchev–Trinajstić information content (AvgIpc) is 2.67. The molecule has 0 saturated heterocycles. The number of hydrogen-bond donors (Lipinski definition) is 2. The number of urea groups is 1. The summed E-state index contributed by atoms with van der Waals surface area (Å²) >= 11 is 0. The Morgan fingerprint density at radius 1 is 1.15 bits per heavy atom. The fraction of sp³-hybridized carbons (Fsp3) is 0.316. The standard InChI is InChI=1S/C19H24N4O3/c1-4-23(5-2)17-11-14(9-10-20-17)13-21-19(25)22-16-8-6-7-15(12-16)18(24)26-3/h6-12H,4-5,13H2,1-3H3,(H2,21,22,25). The summed E-state index contributed by atoms with van der Waals surface area (Å²) in [5, 5.41) is 5.51. The predicted molar refractivity (Wildman–Crippen MR) is 101 cm³/mol. The van der Waals surface area contributed by atoms with Gasteiger partial charge in [-0.05, 0) is 49.7 Å². The second-order valence-corrected chi connectivity index (χ2v) is 5.57. The van der Waals surface area contributed by atoms with E-state index >= 15 is 0 Å². The van der Waals surface area contributed by atoms with E-state index in [9.17, 15) is 9.59 Å². The Labute approximate surface area is 153 Å². The van der Waals surface area contributed by atoms with Crippen molar-refractivity contribution in [2.75, 3.05) is 30.4 Å². The van der Waals surface area contributed by atoms with Gasteiger partial charge in [-0.25, -0.2) is 14.6 Å². The first-order valence-electron chi connectivity index (χ1n) is 8.50. The lowest BCUT2D eigenvalue weighted by molar-refractivity contribution is 0.0600. The summed E-state index contributed by atoms with van der Waals surface area (Å²) < 4.78 is 4.67. The van der Waals surface area contributed by atoms with E-state index in [1.807, 2.05) is 12.1 Å². The number of ether oxygens (including phenoxy) is 1. The highest BCUT2D eigenvalue weighted by molar-refractivity contribution is 5.93. The number of hydrogen-bond acceptors (Lipinski definition) is 5. The summed E-state index contributed by atoms with van der Waals surface area (Å²) in [5.74, 6) is 0.440.